The maximum Gasteiger partial charge on any atom is 0.278 e. The van der Waals surface area contributed by atoms with Crippen molar-refractivity contribution in [3.8, 4) is 5.75 Å². The van der Waals surface area contributed by atoms with Gasteiger partial charge in [-0.15, -0.1) is 0 Å². The summed E-state index contributed by atoms with van der Waals surface area (Å²) < 4.78 is 98.2. The first kappa shape index (κ1) is 33.3. The van der Waals surface area contributed by atoms with Crippen LogP contribution in [0.3, 0.4) is 0 Å². The van der Waals surface area contributed by atoms with Gasteiger partial charge in [-0.2, -0.15) is 4.31 Å². The van der Waals surface area contributed by atoms with E-state index >= 15 is 0 Å². The number of carbonyl (C=O) groups is 2. The summed E-state index contributed by atoms with van der Waals surface area (Å²) in [6.45, 7) is -0.634. The molecule has 1 heterocycles. The van der Waals surface area contributed by atoms with Crippen molar-refractivity contribution in [1.29, 1.82) is 0 Å². The van der Waals surface area contributed by atoms with E-state index in [9.17, 15) is 45.1 Å². The van der Waals surface area contributed by atoms with Gasteiger partial charge in [0.1, 0.15) is 11.8 Å². The van der Waals surface area contributed by atoms with Crippen molar-refractivity contribution in [2.75, 3.05) is 11.4 Å². The van der Waals surface area contributed by atoms with E-state index in [1.165, 1.54) is 18.0 Å². The van der Waals surface area contributed by atoms with Gasteiger partial charge in [-0.1, -0.05) is 43.5 Å². The summed E-state index contributed by atoms with van der Waals surface area (Å²) in [4.78, 5) is 25.1. The highest BCUT2D eigenvalue weighted by atomic mass is 32.2. The molecular formula is C31H30F5N3O6S. The number of nitrogens with zero attached hydrogens (tertiary/aromatic N) is 2. The number of hydrogen-bond acceptors (Lipinski definition) is 6. The Hall–Kier alpha value is -4.08. The Morgan fingerprint density at radius 3 is 2.04 bits per heavy atom. The molecule has 1 saturated carbocycles. The van der Waals surface area contributed by atoms with Crippen LogP contribution in [-0.2, 0) is 21.4 Å². The fraction of sp³-hybridized carbons (Fsp3) is 0.355. The van der Waals surface area contributed by atoms with Crippen molar-refractivity contribution >= 4 is 27.5 Å². The molecule has 1 saturated heterocycles. The summed E-state index contributed by atoms with van der Waals surface area (Å²) >= 11 is 0. The number of rotatable bonds is 8. The summed E-state index contributed by atoms with van der Waals surface area (Å²) in [5, 5.41) is 19.5. The number of halogens is 5. The number of benzene rings is 3. The van der Waals surface area contributed by atoms with Gasteiger partial charge in [-0.25, -0.2) is 35.8 Å². The SMILES string of the molecule is O=C(NO)c1ccc(N(Cc2ccc(C3CCCCC3)cc2)C(=O)C2CCCN2S(=O)(=O)c2c(F)c(F)c(F)c(F)c2F)cc1O. The molecule has 5 rings (SSSR count). The molecule has 3 aromatic rings. The predicted molar refractivity (Wildman–Crippen MR) is 154 cm³/mol. The Morgan fingerprint density at radius 2 is 1.46 bits per heavy atom. The molecule has 3 aromatic carbocycles. The van der Waals surface area contributed by atoms with E-state index in [0.717, 1.165) is 48.3 Å². The van der Waals surface area contributed by atoms with E-state index in [1.54, 1.807) is 12.1 Å². The summed E-state index contributed by atoms with van der Waals surface area (Å²) in [6, 6.07) is 9.22. The molecule has 2 aliphatic rings. The molecule has 1 aliphatic heterocycles. The number of hydroxylamine groups is 1. The Balaban J connectivity index is 1.52. The predicted octanol–water partition coefficient (Wildman–Crippen LogP) is 5.64. The number of phenolic OH excluding ortho intramolecular Hbond substituents is 1. The van der Waals surface area contributed by atoms with Crippen molar-refractivity contribution in [3.05, 3.63) is 88.2 Å². The highest BCUT2D eigenvalue weighted by Crippen LogP contribution is 2.36. The Labute approximate surface area is 261 Å². The van der Waals surface area contributed by atoms with Crippen molar-refractivity contribution in [3.63, 3.8) is 0 Å². The zero-order valence-electron chi connectivity index (χ0n) is 24.3. The fourth-order valence-corrected chi connectivity index (χ4v) is 7.90. The van der Waals surface area contributed by atoms with Crippen LogP contribution in [0.15, 0.2) is 47.4 Å². The molecular weight excluding hydrogens is 637 g/mol. The maximum atomic E-state index is 14.6. The first-order valence-electron chi connectivity index (χ1n) is 14.6. The number of hydrogen-bond donors (Lipinski definition) is 3. The number of anilines is 1. The lowest BCUT2D eigenvalue weighted by molar-refractivity contribution is -0.121. The van der Waals surface area contributed by atoms with E-state index in [0.29, 0.717) is 15.8 Å². The van der Waals surface area contributed by atoms with Crippen LogP contribution in [0.25, 0.3) is 0 Å². The molecule has 46 heavy (non-hydrogen) atoms. The molecule has 9 nitrogen and oxygen atoms in total. The average molecular weight is 668 g/mol. The summed E-state index contributed by atoms with van der Waals surface area (Å²) in [5.41, 5.74) is 2.75. The van der Waals surface area contributed by atoms with E-state index in [-0.39, 0.29) is 30.6 Å². The quantitative estimate of drug-likeness (QED) is 0.0939. The number of nitrogens with one attached hydrogen (secondary N) is 1. The highest BCUT2D eigenvalue weighted by molar-refractivity contribution is 7.89. The van der Waals surface area contributed by atoms with Gasteiger partial charge in [0.15, 0.2) is 28.2 Å². The van der Waals surface area contributed by atoms with Crippen LogP contribution in [0.1, 0.15) is 72.3 Å². The number of sulfonamides is 1. The fourth-order valence-electron chi connectivity index (χ4n) is 6.13. The Morgan fingerprint density at radius 1 is 0.848 bits per heavy atom. The van der Waals surface area contributed by atoms with Gasteiger partial charge in [-0.3, -0.25) is 14.8 Å². The third kappa shape index (κ3) is 6.18. The van der Waals surface area contributed by atoms with Gasteiger partial charge in [0.2, 0.25) is 21.7 Å². The zero-order chi connectivity index (χ0) is 33.3. The van der Waals surface area contributed by atoms with Gasteiger partial charge in [-0.05, 0) is 54.9 Å². The molecule has 1 aliphatic carbocycles. The van der Waals surface area contributed by atoms with Gasteiger partial charge in [0, 0.05) is 18.3 Å². The van der Waals surface area contributed by atoms with Crippen molar-refractivity contribution in [1.82, 2.24) is 9.79 Å². The number of carbonyl (C=O) groups excluding carboxylic acids is 2. The summed E-state index contributed by atoms with van der Waals surface area (Å²) in [7, 11) is -5.43. The minimum atomic E-state index is -5.43. The van der Waals surface area contributed by atoms with Gasteiger partial charge in [0.05, 0.1) is 12.1 Å². The monoisotopic (exact) mass is 667 g/mol. The van der Waals surface area contributed by atoms with E-state index < -0.39 is 74.2 Å². The Kier molecular flexibility index (Phi) is 9.65. The van der Waals surface area contributed by atoms with Crippen molar-refractivity contribution < 1.29 is 50.3 Å². The topological polar surface area (TPSA) is 127 Å². The molecule has 2 amide bonds. The first-order valence-corrected chi connectivity index (χ1v) is 16.0. The minimum absolute atomic E-state index is 0.00572. The molecule has 0 spiro atoms. The molecule has 0 radical (unpaired) electrons. The number of phenols is 1. The van der Waals surface area contributed by atoms with Crippen LogP contribution >= 0.6 is 0 Å². The van der Waals surface area contributed by atoms with Crippen LogP contribution in [0, 0.1) is 29.1 Å². The molecule has 1 unspecified atom stereocenters. The first-order chi connectivity index (χ1) is 21.9. The van der Waals surface area contributed by atoms with Gasteiger partial charge < -0.3 is 10.0 Å². The van der Waals surface area contributed by atoms with E-state index in [4.69, 9.17) is 5.21 Å². The lowest BCUT2D eigenvalue weighted by atomic mass is 9.84. The molecule has 1 atom stereocenters. The second-order valence-electron chi connectivity index (χ2n) is 11.3. The molecule has 0 aromatic heterocycles. The lowest BCUT2D eigenvalue weighted by Crippen LogP contribution is -2.48. The van der Waals surface area contributed by atoms with E-state index in [1.807, 2.05) is 12.1 Å². The minimum Gasteiger partial charge on any atom is -0.507 e. The maximum absolute atomic E-state index is 14.6. The second-order valence-corrected chi connectivity index (χ2v) is 13.1. The van der Waals surface area contributed by atoms with Gasteiger partial charge >= 0.3 is 0 Å². The third-order valence-corrected chi connectivity index (χ3v) is 10.5. The highest BCUT2D eigenvalue weighted by Gasteiger charge is 2.45. The van der Waals surface area contributed by atoms with Crippen LogP contribution in [-0.4, -0.2) is 47.4 Å². The van der Waals surface area contributed by atoms with Crippen molar-refractivity contribution in [2.24, 2.45) is 0 Å². The average Bonchev–Trinajstić information content (AvgIpc) is 3.57. The van der Waals surface area contributed by atoms with Crippen molar-refractivity contribution in [2.45, 2.75) is 68.3 Å². The largest absolute Gasteiger partial charge is 0.507 e. The van der Waals surface area contributed by atoms with Gasteiger partial charge in [0.25, 0.3) is 5.91 Å². The van der Waals surface area contributed by atoms with Crippen LogP contribution in [0.2, 0.25) is 0 Å². The standard InChI is InChI=1S/C31H30F5N3O6S/c32-24-25(33)27(35)29(28(36)26(24)34)46(44,45)39-14-4-7-22(39)31(42)38(20-12-13-21(23(40)15-20)30(41)37-43)16-17-8-10-19(11-9-17)18-5-2-1-3-6-18/h8-13,15,18,22,40,43H,1-7,14,16H2,(H,37,41). The summed E-state index contributed by atoms with van der Waals surface area (Å²) in [6.07, 6.45) is 5.38. The molecule has 0 bridgehead atoms. The van der Waals surface area contributed by atoms with E-state index in [2.05, 4.69) is 0 Å². The number of amides is 2. The normalized spacial score (nSPS) is 17.7. The Bertz CT molecular complexity index is 1740. The number of aromatic hydroxyl groups is 1. The third-order valence-electron chi connectivity index (χ3n) is 8.53. The smallest absolute Gasteiger partial charge is 0.278 e. The molecule has 15 heteroatoms. The summed E-state index contributed by atoms with van der Waals surface area (Å²) in [5.74, 6) is -14.7. The molecule has 246 valence electrons. The van der Waals surface area contributed by atoms with Crippen LogP contribution < -0.4 is 10.4 Å². The lowest BCUT2D eigenvalue weighted by Gasteiger charge is -2.30. The second kappa shape index (κ2) is 13.3. The van der Waals surface area contributed by atoms with Crippen LogP contribution in [0.5, 0.6) is 5.75 Å². The van der Waals surface area contributed by atoms with Crippen LogP contribution in [0.4, 0.5) is 27.6 Å². The molecule has 2 fully saturated rings. The molecule has 3 N–H and O–H groups in total. The zero-order valence-corrected chi connectivity index (χ0v) is 25.1.